The highest BCUT2D eigenvalue weighted by Crippen LogP contribution is 2.34. The maximum atomic E-state index is 14.5. The lowest BCUT2D eigenvalue weighted by molar-refractivity contribution is -0.144. The van der Waals surface area contributed by atoms with E-state index in [-0.39, 0.29) is 36.5 Å². The second-order valence-electron chi connectivity index (χ2n) is 9.40. The number of aryl methyl sites for hydroxylation is 1. The molecular formula is C23H37N3O7S. The third-order valence-electron chi connectivity index (χ3n) is 5.31. The Kier molecular flexibility index (Phi) is 9.84. The van der Waals surface area contributed by atoms with Crippen LogP contribution in [-0.4, -0.2) is 69.2 Å². The summed E-state index contributed by atoms with van der Waals surface area (Å²) in [6.07, 6.45) is 1.28. The Balaban J connectivity index is 2.56. The molecular weight excluding hydrogens is 462 g/mol. The van der Waals surface area contributed by atoms with Gasteiger partial charge in [-0.3, -0.25) is 4.79 Å². The van der Waals surface area contributed by atoms with Gasteiger partial charge in [0.1, 0.15) is 16.5 Å². The first-order valence-corrected chi connectivity index (χ1v) is 12.9. The number of methoxy groups -OCH3 is 1. The lowest BCUT2D eigenvalue weighted by atomic mass is 10.1. The molecule has 3 atom stereocenters. The van der Waals surface area contributed by atoms with Crippen LogP contribution in [0.4, 0.5) is 4.79 Å². The predicted octanol–water partition coefficient (Wildman–Crippen LogP) is 3.49. The topological polar surface area (TPSA) is 128 Å². The number of aromatic nitrogens is 1. The standard InChI is InChI=1S/C23H37N3O7S/c1-16(11-14-27)12-15-32-20-19(10-9-17(2)24-20)34(30,25-22(29)33-23(3,4)5)26-13-7-8-18(26)21(28)31-6/h9-10,16,18,27H,7-8,11-15H2,1-6H3/t16-,18+,34?/m1/s1. The summed E-state index contributed by atoms with van der Waals surface area (Å²) in [4.78, 5) is 29.7. The van der Waals surface area contributed by atoms with E-state index in [0.29, 0.717) is 31.4 Å². The first-order valence-electron chi connectivity index (χ1n) is 11.5. The largest absolute Gasteiger partial charge is 0.477 e. The molecule has 0 radical (unpaired) electrons. The minimum Gasteiger partial charge on any atom is -0.477 e. The van der Waals surface area contributed by atoms with Gasteiger partial charge in [-0.15, -0.1) is 4.36 Å². The van der Waals surface area contributed by atoms with Crippen LogP contribution in [0.15, 0.2) is 21.4 Å². The van der Waals surface area contributed by atoms with Crippen LogP contribution in [0.1, 0.15) is 59.1 Å². The molecule has 10 nitrogen and oxygen atoms in total. The number of esters is 1. The SMILES string of the molecule is COC(=O)[C@@H]1CCCN1S(=O)(=NC(=O)OC(C)(C)C)c1ccc(C)nc1OCC[C@H](C)CCO. The highest BCUT2D eigenvalue weighted by atomic mass is 32.2. The number of rotatable bonds is 9. The molecule has 1 aromatic rings. The quantitative estimate of drug-likeness (QED) is 0.512. The van der Waals surface area contributed by atoms with Gasteiger partial charge < -0.3 is 19.3 Å². The molecule has 1 fully saturated rings. The summed E-state index contributed by atoms with van der Waals surface area (Å²) >= 11 is 0. The molecule has 192 valence electrons. The molecule has 1 aromatic heterocycles. The van der Waals surface area contributed by atoms with Crippen LogP contribution in [-0.2, 0) is 24.2 Å². The van der Waals surface area contributed by atoms with Crippen molar-refractivity contribution in [2.75, 3.05) is 26.9 Å². The average molecular weight is 500 g/mol. The predicted molar refractivity (Wildman–Crippen MR) is 127 cm³/mol. The van der Waals surface area contributed by atoms with Crippen LogP contribution in [0.3, 0.4) is 0 Å². The van der Waals surface area contributed by atoms with Crippen molar-refractivity contribution in [2.24, 2.45) is 10.3 Å². The first kappa shape index (κ1) is 28.0. The lowest BCUT2D eigenvalue weighted by Gasteiger charge is -2.27. The molecule has 34 heavy (non-hydrogen) atoms. The van der Waals surface area contributed by atoms with Gasteiger partial charge in [0, 0.05) is 18.8 Å². The maximum Gasteiger partial charge on any atom is 0.443 e. The van der Waals surface area contributed by atoms with Gasteiger partial charge in [0.2, 0.25) is 5.88 Å². The normalized spacial score (nSPS) is 19.2. The fourth-order valence-electron chi connectivity index (χ4n) is 3.56. The first-order chi connectivity index (χ1) is 15.9. The van der Waals surface area contributed by atoms with Crippen molar-refractivity contribution in [3.8, 4) is 5.88 Å². The van der Waals surface area contributed by atoms with Crippen molar-refractivity contribution >= 4 is 22.0 Å². The van der Waals surface area contributed by atoms with Crippen molar-refractivity contribution in [3.05, 3.63) is 17.8 Å². The summed E-state index contributed by atoms with van der Waals surface area (Å²) in [6.45, 7) is 9.45. The summed E-state index contributed by atoms with van der Waals surface area (Å²) in [6, 6.07) is 2.39. The molecule has 1 amide bonds. The number of amides is 1. The van der Waals surface area contributed by atoms with E-state index in [4.69, 9.17) is 19.3 Å². The monoisotopic (exact) mass is 499 g/mol. The minimum atomic E-state index is -3.67. The Hall–Kier alpha value is -2.24. The third kappa shape index (κ3) is 7.38. The Bertz CT molecular complexity index is 983. The minimum absolute atomic E-state index is 0.0849. The summed E-state index contributed by atoms with van der Waals surface area (Å²) < 4.78 is 36.1. The van der Waals surface area contributed by atoms with E-state index >= 15 is 0 Å². The molecule has 0 aromatic carbocycles. The molecule has 0 spiro atoms. The van der Waals surface area contributed by atoms with E-state index in [1.165, 1.54) is 11.4 Å². The number of pyridine rings is 1. The summed E-state index contributed by atoms with van der Waals surface area (Å²) in [5, 5.41) is 9.13. The van der Waals surface area contributed by atoms with Crippen molar-refractivity contribution in [2.45, 2.75) is 76.8 Å². The van der Waals surface area contributed by atoms with Gasteiger partial charge in [-0.25, -0.2) is 14.0 Å². The molecule has 2 rings (SSSR count). The number of hydrogen-bond donors (Lipinski definition) is 1. The van der Waals surface area contributed by atoms with E-state index in [9.17, 15) is 13.8 Å². The lowest BCUT2D eigenvalue weighted by Crippen LogP contribution is -2.41. The van der Waals surface area contributed by atoms with E-state index < -0.39 is 33.6 Å². The van der Waals surface area contributed by atoms with Gasteiger partial charge in [-0.1, -0.05) is 6.92 Å². The molecule has 0 aliphatic carbocycles. The van der Waals surface area contributed by atoms with Crippen LogP contribution in [0.25, 0.3) is 0 Å². The van der Waals surface area contributed by atoms with Crippen molar-refractivity contribution < 1.29 is 33.1 Å². The van der Waals surface area contributed by atoms with Crippen LogP contribution in [0.5, 0.6) is 5.88 Å². The van der Waals surface area contributed by atoms with Crippen LogP contribution >= 0.6 is 0 Å². The molecule has 0 bridgehead atoms. The molecule has 1 saturated heterocycles. The average Bonchev–Trinajstić information content (AvgIpc) is 3.22. The van der Waals surface area contributed by atoms with Crippen molar-refractivity contribution in [1.82, 2.24) is 9.29 Å². The fourth-order valence-corrected chi connectivity index (χ4v) is 5.75. The molecule has 1 N–H and O–H groups in total. The van der Waals surface area contributed by atoms with E-state index in [1.807, 2.05) is 6.92 Å². The number of hydrogen-bond acceptors (Lipinski definition) is 8. The van der Waals surface area contributed by atoms with Gasteiger partial charge in [0.25, 0.3) is 0 Å². The molecule has 0 saturated carbocycles. The number of aliphatic hydroxyl groups excluding tert-OH is 1. The van der Waals surface area contributed by atoms with E-state index in [0.717, 1.165) is 0 Å². The Morgan fingerprint density at radius 2 is 2.03 bits per heavy atom. The summed E-state index contributed by atoms with van der Waals surface area (Å²) in [5.74, 6) is -0.245. The van der Waals surface area contributed by atoms with Gasteiger partial charge in [0.15, 0.2) is 9.92 Å². The second kappa shape index (κ2) is 11.9. The van der Waals surface area contributed by atoms with Crippen molar-refractivity contribution in [3.63, 3.8) is 0 Å². The third-order valence-corrected chi connectivity index (χ3v) is 7.66. The number of carbonyl (C=O) groups is 2. The molecule has 1 unspecified atom stereocenters. The second-order valence-corrected chi connectivity index (χ2v) is 11.5. The van der Waals surface area contributed by atoms with E-state index in [2.05, 4.69) is 9.35 Å². The van der Waals surface area contributed by atoms with Crippen LogP contribution in [0.2, 0.25) is 0 Å². The summed E-state index contributed by atoms with van der Waals surface area (Å²) in [5.41, 5.74) is -0.214. The number of nitrogens with zero attached hydrogens (tertiary/aromatic N) is 3. The van der Waals surface area contributed by atoms with Gasteiger partial charge in [-0.2, -0.15) is 4.31 Å². The summed E-state index contributed by atoms with van der Waals surface area (Å²) in [7, 11) is -2.41. The zero-order valence-electron chi connectivity index (χ0n) is 20.9. The highest BCUT2D eigenvalue weighted by Gasteiger charge is 2.41. The fraction of sp³-hybridized carbons (Fsp3) is 0.696. The molecule has 2 heterocycles. The molecule has 1 aliphatic rings. The Morgan fingerprint density at radius 1 is 1.32 bits per heavy atom. The van der Waals surface area contributed by atoms with Gasteiger partial charge >= 0.3 is 12.1 Å². The molecule has 11 heteroatoms. The van der Waals surface area contributed by atoms with Crippen LogP contribution in [0, 0.1) is 12.8 Å². The number of ether oxygens (including phenoxy) is 3. The highest BCUT2D eigenvalue weighted by molar-refractivity contribution is 7.91. The zero-order valence-corrected chi connectivity index (χ0v) is 21.7. The smallest absolute Gasteiger partial charge is 0.443 e. The number of carbonyl (C=O) groups excluding carboxylic acids is 2. The van der Waals surface area contributed by atoms with Gasteiger partial charge in [-0.05, 0) is 71.4 Å². The Morgan fingerprint density at radius 3 is 2.65 bits per heavy atom. The van der Waals surface area contributed by atoms with Gasteiger partial charge in [0.05, 0.1) is 13.7 Å². The number of aliphatic hydroxyl groups is 1. The molecule has 1 aliphatic heterocycles. The van der Waals surface area contributed by atoms with E-state index in [1.54, 1.807) is 39.8 Å². The maximum absolute atomic E-state index is 14.5. The van der Waals surface area contributed by atoms with Crippen molar-refractivity contribution in [1.29, 1.82) is 0 Å². The van der Waals surface area contributed by atoms with Crippen LogP contribution < -0.4 is 4.74 Å². The Labute approximate surface area is 202 Å². The zero-order chi connectivity index (χ0) is 25.5.